The zero-order valence-electron chi connectivity index (χ0n) is 13.7. The van der Waals surface area contributed by atoms with E-state index in [1.54, 1.807) is 14.2 Å². The summed E-state index contributed by atoms with van der Waals surface area (Å²) < 4.78 is 10.4. The summed E-state index contributed by atoms with van der Waals surface area (Å²) in [5.41, 5.74) is 0.998. The van der Waals surface area contributed by atoms with Crippen LogP contribution in [0.3, 0.4) is 0 Å². The van der Waals surface area contributed by atoms with Crippen LogP contribution in [0, 0.1) is 0 Å². The Morgan fingerprint density at radius 3 is 2.67 bits per heavy atom. The molecule has 0 saturated carbocycles. The molecule has 3 N–H and O–H groups in total. The standard InChI is InChI=1S/C16H21N3O5/c1-23-12-4-3-10(7-13(12)24-2)5-6-17-14(20)8-11-9-15(21)19-16(22)18-11/h3-4,7,11H,5-6,8-9H2,1-2H3,(H,17,20)(H2,18,19,21,22). The van der Waals surface area contributed by atoms with E-state index in [1.807, 2.05) is 18.2 Å². The predicted octanol–water partition coefficient (Wildman–Crippen LogP) is 0.351. The molecule has 1 atom stereocenters. The molecule has 4 amide bonds. The van der Waals surface area contributed by atoms with Gasteiger partial charge in [0.15, 0.2) is 11.5 Å². The van der Waals surface area contributed by atoms with Crippen molar-refractivity contribution in [1.29, 1.82) is 0 Å². The van der Waals surface area contributed by atoms with Gasteiger partial charge >= 0.3 is 6.03 Å². The summed E-state index contributed by atoms with van der Waals surface area (Å²) in [7, 11) is 3.14. The molecule has 8 heteroatoms. The summed E-state index contributed by atoms with van der Waals surface area (Å²) in [4.78, 5) is 34.3. The van der Waals surface area contributed by atoms with Gasteiger partial charge in [-0.3, -0.25) is 14.9 Å². The fourth-order valence-corrected chi connectivity index (χ4v) is 2.48. The van der Waals surface area contributed by atoms with Gasteiger partial charge in [-0.05, 0) is 24.1 Å². The highest BCUT2D eigenvalue weighted by molar-refractivity contribution is 5.97. The van der Waals surface area contributed by atoms with E-state index in [0.29, 0.717) is 24.5 Å². The van der Waals surface area contributed by atoms with Crippen molar-refractivity contribution in [2.75, 3.05) is 20.8 Å². The van der Waals surface area contributed by atoms with Gasteiger partial charge in [0.2, 0.25) is 11.8 Å². The van der Waals surface area contributed by atoms with Crippen molar-refractivity contribution in [2.45, 2.75) is 25.3 Å². The molecular formula is C16H21N3O5. The Labute approximate surface area is 139 Å². The van der Waals surface area contributed by atoms with E-state index in [2.05, 4.69) is 16.0 Å². The first-order valence-electron chi connectivity index (χ1n) is 7.59. The molecule has 2 rings (SSSR count). The molecule has 0 aromatic heterocycles. The minimum atomic E-state index is -0.561. The summed E-state index contributed by atoms with van der Waals surface area (Å²) >= 11 is 0. The van der Waals surface area contributed by atoms with Crippen LogP contribution >= 0.6 is 0 Å². The van der Waals surface area contributed by atoms with Crippen molar-refractivity contribution in [3.8, 4) is 11.5 Å². The molecule has 1 aromatic carbocycles. The van der Waals surface area contributed by atoms with Crippen LogP contribution in [0.2, 0.25) is 0 Å². The molecule has 130 valence electrons. The minimum absolute atomic E-state index is 0.0745. The third-order valence-corrected chi connectivity index (χ3v) is 3.64. The van der Waals surface area contributed by atoms with E-state index in [4.69, 9.17) is 9.47 Å². The SMILES string of the molecule is COc1ccc(CCNC(=O)CC2CC(=O)NC(=O)N2)cc1OC. The highest BCUT2D eigenvalue weighted by Crippen LogP contribution is 2.27. The number of carbonyl (C=O) groups excluding carboxylic acids is 3. The number of nitrogens with one attached hydrogen (secondary N) is 3. The zero-order chi connectivity index (χ0) is 17.5. The van der Waals surface area contributed by atoms with Crippen LogP contribution in [0.1, 0.15) is 18.4 Å². The molecule has 1 aliphatic heterocycles. The van der Waals surface area contributed by atoms with Crippen LogP contribution in [0.5, 0.6) is 11.5 Å². The van der Waals surface area contributed by atoms with E-state index in [-0.39, 0.29) is 24.7 Å². The third kappa shape index (κ3) is 4.87. The number of methoxy groups -OCH3 is 2. The van der Waals surface area contributed by atoms with Crippen LogP contribution in [0.25, 0.3) is 0 Å². The summed E-state index contributed by atoms with van der Waals surface area (Å²) in [6, 6.07) is 4.55. The second-order valence-electron chi connectivity index (χ2n) is 5.42. The van der Waals surface area contributed by atoms with E-state index in [0.717, 1.165) is 5.56 Å². The molecule has 0 radical (unpaired) electrons. The Balaban J connectivity index is 1.78. The average Bonchev–Trinajstić information content (AvgIpc) is 2.53. The van der Waals surface area contributed by atoms with Gasteiger partial charge in [-0.25, -0.2) is 4.79 Å². The van der Waals surface area contributed by atoms with Crippen molar-refractivity contribution in [3.05, 3.63) is 23.8 Å². The van der Waals surface area contributed by atoms with Gasteiger partial charge in [0.05, 0.1) is 14.2 Å². The minimum Gasteiger partial charge on any atom is -0.493 e. The van der Waals surface area contributed by atoms with Crippen molar-refractivity contribution in [1.82, 2.24) is 16.0 Å². The number of amides is 4. The summed E-state index contributed by atoms with van der Waals surface area (Å²) in [5.74, 6) is 0.700. The second-order valence-corrected chi connectivity index (χ2v) is 5.42. The largest absolute Gasteiger partial charge is 0.493 e. The van der Waals surface area contributed by atoms with Crippen molar-refractivity contribution >= 4 is 17.8 Å². The lowest BCUT2D eigenvalue weighted by molar-refractivity contribution is -0.123. The molecule has 24 heavy (non-hydrogen) atoms. The molecule has 1 aliphatic rings. The van der Waals surface area contributed by atoms with Gasteiger partial charge in [0, 0.05) is 25.4 Å². The smallest absolute Gasteiger partial charge is 0.321 e. The predicted molar refractivity (Wildman–Crippen MR) is 86.0 cm³/mol. The molecular weight excluding hydrogens is 314 g/mol. The maximum atomic E-state index is 11.9. The lowest BCUT2D eigenvalue weighted by Gasteiger charge is -2.22. The Morgan fingerprint density at radius 1 is 1.25 bits per heavy atom. The molecule has 0 bridgehead atoms. The molecule has 1 saturated heterocycles. The fraction of sp³-hybridized carbons (Fsp3) is 0.438. The normalized spacial score (nSPS) is 16.8. The van der Waals surface area contributed by atoms with Crippen LogP contribution in [0.15, 0.2) is 18.2 Å². The molecule has 0 aliphatic carbocycles. The monoisotopic (exact) mass is 335 g/mol. The van der Waals surface area contributed by atoms with Crippen molar-refractivity contribution in [3.63, 3.8) is 0 Å². The summed E-state index contributed by atoms with van der Waals surface area (Å²) in [6.45, 7) is 0.446. The van der Waals surface area contributed by atoms with Crippen molar-refractivity contribution < 1.29 is 23.9 Å². The van der Waals surface area contributed by atoms with Crippen LogP contribution < -0.4 is 25.4 Å². The number of hydrogen-bond donors (Lipinski definition) is 3. The lowest BCUT2D eigenvalue weighted by atomic mass is 10.1. The van der Waals surface area contributed by atoms with Gasteiger partial charge in [-0.2, -0.15) is 0 Å². The van der Waals surface area contributed by atoms with E-state index < -0.39 is 12.1 Å². The first-order valence-corrected chi connectivity index (χ1v) is 7.59. The number of rotatable bonds is 7. The zero-order valence-corrected chi connectivity index (χ0v) is 13.7. The molecule has 0 spiro atoms. The number of imide groups is 1. The number of ether oxygens (including phenoxy) is 2. The Kier molecular flexibility index (Phi) is 6.00. The highest BCUT2D eigenvalue weighted by Gasteiger charge is 2.25. The van der Waals surface area contributed by atoms with Gasteiger partial charge in [-0.1, -0.05) is 6.07 Å². The number of hydrogen-bond acceptors (Lipinski definition) is 5. The van der Waals surface area contributed by atoms with Crippen LogP contribution in [-0.4, -0.2) is 44.7 Å². The van der Waals surface area contributed by atoms with Crippen molar-refractivity contribution in [2.24, 2.45) is 0 Å². The Hall–Kier alpha value is -2.77. The van der Waals surface area contributed by atoms with Gasteiger partial charge in [0.1, 0.15) is 0 Å². The molecule has 8 nitrogen and oxygen atoms in total. The number of carbonyl (C=O) groups is 3. The second kappa shape index (κ2) is 8.19. The number of urea groups is 1. The topological polar surface area (TPSA) is 106 Å². The van der Waals surface area contributed by atoms with Crippen LogP contribution in [-0.2, 0) is 16.0 Å². The quantitative estimate of drug-likeness (QED) is 0.667. The van der Waals surface area contributed by atoms with Gasteiger partial charge < -0.3 is 20.1 Å². The Morgan fingerprint density at radius 2 is 2.00 bits per heavy atom. The van der Waals surface area contributed by atoms with Gasteiger partial charge in [0.25, 0.3) is 0 Å². The molecule has 1 heterocycles. The Bertz CT molecular complexity index is 616. The molecule has 1 fully saturated rings. The summed E-state index contributed by atoms with van der Waals surface area (Å²) in [6.07, 6.45) is 0.809. The van der Waals surface area contributed by atoms with E-state index in [1.165, 1.54) is 0 Å². The molecule has 1 unspecified atom stereocenters. The van der Waals surface area contributed by atoms with Crippen LogP contribution in [0.4, 0.5) is 4.79 Å². The van der Waals surface area contributed by atoms with Gasteiger partial charge in [-0.15, -0.1) is 0 Å². The lowest BCUT2D eigenvalue weighted by Crippen LogP contribution is -2.53. The fourth-order valence-electron chi connectivity index (χ4n) is 2.48. The number of benzene rings is 1. The molecule has 1 aromatic rings. The average molecular weight is 335 g/mol. The summed E-state index contributed by atoms with van der Waals surface area (Å²) in [5, 5.41) is 7.46. The highest BCUT2D eigenvalue weighted by atomic mass is 16.5. The van der Waals surface area contributed by atoms with E-state index >= 15 is 0 Å². The maximum Gasteiger partial charge on any atom is 0.321 e. The first-order chi connectivity index (χ1) is 11.5. The van der Waals surface area contributed by atoms with E-state index in [9.17, 15) is 14.4 Å². The first kappa shape index (κ1) is 17.6. The maximum absolute atomic E-state index is 11.9. The third-order valence-electron chi connectivity index (χ3n) is 3.64.